The molecular formula is C19H31N5O3. The molecule has 1 spiro atoms. The van der Waals surface area contributed by atoms with Crippen LogP contribution in [0.1, 0.15) is 36.2 Å². The molecule has 1 atom stereocenters. The van der Waals surface area contributed by atoms with Gasteiger partial charge in [0.2, 0.25) is 5.91 Å². The van der Waals surface area contributed by atoms with Gasteiger partial charge in [-0.1, -0.05) is 0 Å². The first kappa shape index (κ1) is 19.8. The average molecular weight is 377 g/mol. The zero-order valence-corrected chi connectivity index (χ0v) is 16.9. The zero-order valence-electron chi connectivity index (χ0n) is 16.9. The van der Waals surface area contributed by atoms with E-state index in [2.05, 4.69) is 35.8 Å². The number of hydrogen-bond donors (Lipinski definition) is 1. The number of carbonyl (C=O) groups excluding carboxylic acids is 1. The fraction of sp³-hybridized carbons (Fsp3) is 0.737. The number of piperazine rings is 1. The van der Waals surface area contributed by atoms with E-state index in [-0.39, 0.29) is 18.0 Å². The molecule has 2 aliphatic rings. The maximum Gasteiger partial charge on any atom is 0.323 e. The van der Waals surface area contributed by atoms with Crippen molar-refractivity contribution in [2.45, 2.75) is 45.2 Å². The van der Waals surface area contributed by atoms with Crippen molar-refractivity contribution in [3.05, 3.63) is 17.0 Å². The number of aryl methyl sites for hydroxylation is 2. The molecule has 0 unspecified atom stereocenters. The first-order valence-corrected chi connectivity index (χ1v) is 9.64. The third-order valence-corrected chi connectivity index (χ3v) is 6.45. The van der Waals surface area contributed by atoms with Crippen LogP contribution in [0.5, 0.6) is 0 Å². The highest BCUT2D eigenvalue weighted by Gasteiger charge is 2.42. The first-order valence-electron chi connectivity index (χ1n) is 9.64. The van der Waals surface area contributed by atoms with Gasteiger partial charge >= 0.3 is 5.97 Å². The molecule has 2 saturated heterocycles. The Morgan fingerprint density at radius 1 is 1.19 bits per heavy atom. The smallest absolute Gasteiger partial charge is 0.323 e. The van der Waals surface area contributed by atoms with Crippen molar-refractivity contribution in [2.75, 3.05) is 39.8 Å². The van der Waals surface area contributed by atoms with Crippen LogP contribution in [0.3, 0.4) is 0 Å². The fourth-order valence-corrected chi connectivity index (χ4v) is 4.51. The van der Waals surface area contributed by atoms with Gasteiger partial charge in [-0.25, -0.2) is 0 Å². The van der Waals surface area contributed by atoms with E-state index in [0.29, 0.717) is 13.0 Å². The molecule has 3 heterocycles. The second-order valence-electron chi connectivity index (χ2n) is 8.09. The van der Waals surface area contributed by atoms with Crippen LogP contribution < -0.4 is 0 Å². The maximum atomic E-state index is 12.4. The van der Waals surface area contributed by atoms with Gasteiger partial charge in [-0.3, -0.25) is 24.1 Å². The molecule has 0 bridgehead atoms. The Morgan fingerprint density at radius 2 is 1.93 bits per heavy atom. The molecule has 0 saturated carbocycles. The van der Waals surface area contributed by atoms with Crippen molar-refractivity contribution in [1.82, 2.24) is 24.5 Å². The van der Waals surface area contributed by atoms with Crippen LogP contribution in [0.15, 0.2) is 0 Å². The molecule has 150 valence electrons. The maximum absolute atomic E-state index is 12.4. The lowest BCUT2D eigenvalue weighted by atomic mass is 9.86. The van der Waals surface area contributed by atoms with Gasteiger partial charge in [0.15, 0.2) is 0 Å². The van der Waals surface area contributed by atoms with Crippen LogP contribution in [-0.4, -0.2) is 86.8 Å². The SMILES string of the molecule is Cc1nn(C)c(C)c1CN1CCN(C)[C@@]2(CCC(=O)N(CC(=O)O)CC2)C1. The summed E-state index contributed by atoms with van der Waals surface area (Å²) in [5.74, 6) is -0.987. The second kappa shape index (κ2) is 7.59. The number of amides is 1. The fourth-order valence-electron chi connectivity index (χ4n) is 4.51. The lowest BCUT2D eigenvalue weighted by Gasteiger charge is -2.49. The topological polar surface area (TPSA) is 81.9 Å². The van der Waals surface area contributed by atoms with E-state index in [1.54, 1.807) is 0 Å². The molecule has 8 heteroatoms. The van der Waals surface area contributed by atoms with Crippen molar-refractivity contribution in [1.29, 1.82) is 0 Å². The minimum absolute atomic E-state index is 0.0428. The van der Waals surface area contributed by atoms with E-state index in [4.69, 9.17) is 5.11 Å². The Bertz CT molecular complexity index is 731. The third kappa shape index (κ3) is 4.01. The van der Waals surface area contributed by atoms with Crippen molar-refractivity contribution in [2.24, 2.45) is 7.05 Å². The van der Waals surface area contributed by atoms with Gasteiger partial charge in [-0.05, 0) is 33.7 Å². The minimum Gasteiger partial charge on any atom is -0.480 e. The predicted molar refractivity (Wildman–Crippen MR) is 101 cm³/mol. The largest absolute Gasteiger partial charge is 0.480 e. The molecule has 1 N–H and O–H groups in total. The number of nitrogens with zero attached hydrogens (tertiary/aromatic N) is 5. The summed E-state index contributed by atoms with van der Waals surface area (Å²) in [6.07, 6.45) is 2.00. The highest BCUT2D eigenvalue weighted by atomic mass is 16.4. The number of aliphatic carboxylic acids is 1. The normalized spacial score (nSPS) is 25.2. The number of likely N-dealkylation sites (tertiary alicyclic amines) is 1. The number of likely N-dealkylation sites (N-methyl/N-ethyl adjacent to an activating group) is 1. The van der Waals surface area contributed by atoms with E-state index < -0.39 is 5.97 Å². The standard InChI is InChI=1S/C19H31N5O3/c1-14-16(15(2)22(4)20-14)11-23-10-9-21(3)19(13-23)6-5-17(25)24(8-7-19)12-18(26)27/h5-13H2,1-4H3,(H,26,27)/t19-/m1/s1. The molecule has 1 amide bonds. The molecule has 0 aliphatic carbocycles. The summed E-state index contributed by atoms with van der Waals surface area (Å²) in [4.78, 5) is 29.8. The van der Waals surface area contributed by atoms with Gasteiger partial charge in [0.25, 0.3) is 0 Å². The highest BCUT2D eigenvalue weighted by Crippen LogP contribution is 2.33. The summed E-state index contributed by atoms with van der Waals surface area (Å²) in [5.41, 5.74) is 3.48. The molecule has 0 radical (unpaired) electrons. The quantitative estimate of drug-likeness (QED) is 0.828. The Balaban J connectivity index is 1.74. The van der Waals surface area contributed by atoms with Gasteiger partial charge < -0.3 is 10.0 Å². The van der Waals surface area contributed by atoms with Crippen LogP contribution in [0.25, 0.3) is 0 Å². The summed E-state index contributed by atoms with van der Waals surface area (Å²) in [6.45, 7) is 8.17. The Hall–Kier alpha value is -1.93. The monoisotopic (exact) mass is 377 g/mol. The van der Waals surface area contributed by atoms with Crippen LogP contribution >= 0.6 is 0 Å². The lowest BCUT2D eigenvalue weighted by Crippen LogP contribution is -2.60. The number of carbonyl (C=O) groups is 2. The Kier molecular flexibility index (Phi) is 5.58. The van der Waals surface area contributed by atoms with E-state index in [1.165, 1.54) is 16.2 Å². The van der Waals surface area contributed by atoms with Crippen LogP contribution in [0, 0.1) is 13.8 Å². The number of carboxylic acid groups (broad SMARTS) is 1. The predicted octanol–water partition coefficient (Wildman–Crippen LogP) is 0.620. The average Bonchev–Trinajstić information content (AvgIpc) is 2.75. The van der Waals surface area contributed by atoms with Crippen molar-refractivity contribution in [3.63, 3.8) is 0 Å². The molecule has 3 rings (SSSR count). The molecule has 8 nitrogen and oxygen atoms in total. The number of aromatic nitrogens is 2. The summed E-state index contributed by atoms with van der Waals surface area (Å²) in [5, 5.41) is 13.6. The summed E-state index contributed by atoms with van der Waals surface area (Å²) in [7, 11) is 4.11. The summed E-state index contributed by atoms with van der Waals surface area (Å²) >= 11 is 0. The molecule has 1 aromatic rings. The minimum atomic E-state index is -0.944. The van der Waals surface area contributed by atoms with Gasteiger partial charge in [-0.2, -0.15) is 5.10 Å². The molecule has 27 heavy (non-hydrogen) atoms. The Morgan fingerprint density at radius 3 is 2.56 bits per heavy atom. The van der Waals surface area contributed by atoms with Gasteiger partial charge in [0.1, 0.15) is 6.54 Å². The summed E-state index contributed by atoms with van der Waals surface area (Å²) in [6, 6.07) is 0. The van der Waals surface area contributed by atoms with Crippen LogP contribution in [-0.2, 0) is 23.2 Å². The van der Waals surface area contributed by atoms with E-state index in [9.17, 15) is 9.59 Å². The van der Waals surface area contributed by atoms with E-state index >= 15 is 0 Å². The van der Waals surface area contributed by atoms with Crippen LogP contribution in [0.2, 0.25) is 0 Å². The van der Waals surface area contributed by atoms with Gasteiger partial charge in [-0.15, -0.1) is 0 Å². The third-order valence-electron chi connectivity index (χ3n) is 6.45. The van der Waals surface area contributed by atoms with E-state index in [1.807, 2.05) is 11.7 Å². The molecule has 0 aromatic carbocycles. The second-order valence-corrected chi connectivity index (χ2v) is 8.09. The number of hydrogen-bond acceptors (Lipinski definition) is 5. The lowest BCUT2D eigenvalue weighted by molar-refractivity contribution is -0.144. The van der Waals surface area contributed by atoms with Gasteiger partial charge in [0, 0.05) is 63.0 Å². The van der Waals surface area contributed by atoms with Crippen molar-refractivity contribution in [3.8, 4) is 0 Å². The van der Waals surface area contributed by atoms with Gasteiger partial charge in [0.05, 0.1) is 5.69 Å². The summed E-state index contributed by atoms with van der Waals surface area (Å²) < 4.78 is 1.94. The Labute approximate surface area is 160 Å². The number of carboxylic acids is 1. The van der Waals surface area contributed by atoms with E-state index in [0.717, 1.165) is 44.7 Å². The molecule has 2 fully saturated rings. The molecule has 1 aromatic heterocycles. The number of rotatable bonds is 4. The van der Waals surface area contributed by atoms with Crippen molar-refractivity contribution < 1.29 is 14.7 Å². The van der Waals surface area contributed by atoms with Crippen LogP contribution in [0.4, 0.5) is 0 Å². The molecule has 2 aliphatic heterocycles. The molecular weight excluding hydrogens is 346 g/mol. The first-order chi connectivity index (χ1) is 12.7. The highest BCUT2D eigenvalue weighted by molar-refractivity contribution is 5.81. The zero-order chi connectivity index (χ0) is 19.8. The van der Waals surface area contributed by atoms with Crippen molar-refractivity contribution >= 4 is 11.9 Å².